The minimum absolute atomic E-state index is 0.130. The third kappa shape index (κ3) is 6.03. The molecule has 0 amide bonds. The fourth-order valence-corrected chi connectivity index (χ4v) is 8.66. The molecule has 0 aliphatic carbocycles. The number of thioether (sulfide) groups is 1. The Balaban J connectivity index is 1.49. The van der Waals surface area contributed by atoms with E-state index in [-0.39, 0.29) is 25.1 Å². The van der Waals surface area contributed by atoms with E-state index in [2.05, 4.69) is 34.9 Å². The van der Waals surface area contributed by atoms with Gasteiger partial charge in [-0.25, -0.2) is 4.39 Å². The Hall–Kier alpha value is -3.07. The van der Waals surface area contributed by atoms with Crippen molar-refractivity contribution in [1.82, 2.24) is 0 Å². The zero-order chi connectivity index (χ0) is 29.6. The van der Waals surface area contributed by atoms with Gasteiger partial charge in [0, 0.05) is 17.9 Å². The third-order valence-electron chi connectivity index (χ3n) is 7.12. The molecule has 5 aromatic rings. The van der Waals surface area contributed by atoms with Crippen LogP contribution in [-0.2, 0) is 26.8 Å². The molecule has 13 heteroatoms. The maximum absolute atomic E-state index is 14.2. The number of rotatable bonds is 9. The smallest absolute Gasteiger partial charge is 0.265 e. The van der Waals surface area contributed by atoms with Gasteiger partial charge in [-0.1, -0.05) is 59.5 Å². The third-order valence-corrected chi connectivity index (χ3v) is 10.9. The molecule has 218 valence electrons. The summed E-state index contributed by atoms with van der Waals surface area (Å²) in [6.07, 6.45) is 2.26. The molecule has 0 radical (unpaired) electrons. The molecule has 1 aromatic heterocycles. The summed E-state index contributed by atoms with van der Waals surface area (Å²) < 4.78 is 81.8. The van der Waals surface area contributed by atoms with E-state index in [4.69, 9.17) is 0 Å². The number of nitrogens with zero attached hydrogens (tertiary/aromatic N) is 2. The standard InChI is InChI=1S/C29H25FN2O6S4/c30-20-8-11-25-24(17-20)31(13-3-15-41(33,34)35)27(39-25)18-28-32(14-4-16-42(36,37)38)29-23-9-7-19-5-1-2-6-21(19)22(23)10-12-26(29)40-28/h1-2,5-12,17-18H,3-4,13-16H2,(H-,33,34,35,36,37,38)/p+1. The fraction of sp³-hybridized carbons (Fsp3) is 0.207. The molecule has 1 aliphatic rings. The molecule has 1 aliphatic heterocycles. The number of hydrogen-bond donors (Lipinski definition) is 2. The highest BCUT2D eigenvalue weighted by atomic mass is 32.2. The van der Waals surface area contributed by atoms with Crippen molar-refractivity contribution in [2.75, 3.05) is 23.0 Å². The highest BCUT2D eigenvalue weighted by Gasteiger charge is 2.29. The molecular weight excluding hydrogens is 620 g/mol. The predicted octanol–water partition coefficient (Wildman–Crippen LogP) is 6.10. The fourth-order valence-electron chi connectivity index (χ4n) is 5.35. The molecule has 2 N–H and O–H groups in total. The number of fused-ring (bicyclic) bond motifs is 6. The number of thiazole rings is 1. The molecule has 4 aromatic carbocycles. The van der Waals surface area contributed by atoms with E-state index >= 15 is 0 Å². The minimum atomic E-state index is -4.16. The Labute approximate surface area is 250 Å². The lowest BCUT2D eigenvalue weighted by Crippen LogP contribution is -2.36. The number of benzene rings is 4. The molecular formula is C29H26FN2O6S4+. The van der Waals surface area contributed by atoms with Crippen molar-refractivity contribution in [2.24, 2.45) is 0 Å². The molecule has 0 saturated heterocycles. The maximum atomic E-state index is 14.2. The van der Waals surface area contributed by atoms with E-state index in [9.17, 15) is 30.3 Å². The molecule has 8 nitrogen and oxygen atoms in total. The first-order valence-corrected chi connectivity index (χ1v) is 18.0. The predicted molar refractivity (Wildman–Crippen MR) is 167 cm³/mol. The second-order valence-corrected chi connectivity index (χ2v) is 15.3. The van der Waals surface area contributed by atoms with Crippen molar-refractivity contribution in [1.29, 1.82) is 0 Å². The lowest BCUT2D eigenvalue weighted by Gasteiger charge is -2.19. The van der Waals surface area contributed by atoms with Crippen molar-refractivity contribution in [3.63, 3.8) is 0 Å². The summed E-state index contributed by atoms with van der Waals surface area (Å²) >= 11 is 2.95. The van der Waals surface area contributed by atoms with Crippen LogP contribution in [0.15, 0.2) is 76.7 Å². The van der Waals surface area contributed by atoms with Gasteiger partial charge in [0.25, 0.3) is 25.2 Å². The summed E-state index contributed by atoms with van der Waals surface area (Å²) in [5.74, 6) is -1.23. The SMILES string of the molecule is O=S(=O)(O)CCCN1/C(=C/c2sc3ccc4c5ccccc5ccc4c3[n+]2CCCS(=O)(=O)O)Sc2ccc(F)cc21. The van der Waals surface area contributed by atoms with Gasteiger partial charge >= 0.3 is 0 Å². The van der Waals surface area contributed by atoms with Crippen LogP contribution in [0.4, 0.5) is 10.1 Å². The number of anilines is 1. The minimum Gasteiger partial charge on any atom is -0.335 e. The Morgan fingerprint density at radius 2 is 1.60 bits per heavy atom. The van der Waals surface area contributed by atoms with E-state index in [1.807, 2.05) is 29.2 Å². The topological polar surface area (TPSA) is 116 Å². The van der Waals surface area contributed by atoms with Crippen molar-refractivity contribution < 1.29 is 34.9 Å². The molecule has 6 rings (SSSR count). The molecule has 0 atom stereocenters. The van der Waals surface area contributed by atoms with Gasteiger partial charge in [0.1, 0.15) is 10.5 Å². The highest BCUT2D eigenvalue weighted by Crippen LogP contribution is 2.47. The number of aryl methyl sites for hydroxylation is 1. The molecule has 0 saturated carbocycles. The van der Waals surface area contributed by atoms with Crippen LogP contribution in [0.2, 0.25) is 0 Å². The number of halogens is 1. The molecule has 0 unspecified atom stereocenters. The Morgan fingerprint density at radius 3 is 2.38 bits per heavy atom. The summed E-state index contributed by atoms with van der Waals surface area (Å²) in [4.78, 5) is 2.65. The first-order chi connectivity index (χ1) is 20.0. The number of hydrogen-bond acceptors (Lipinski definition) is 7. The van der Waals surface area contributed by atoms with E-state index in [1.54, 1.807) is 6.07 Å². The van der Waals surface area contributed by atoms with Gasteiger partial charge < -0.3 is 4.90 Å². The van der Waals surface area contributed by atoms with Crippen LogP contribution in [0.1, 0.15) is 17.8 Å². The van der Waals surface area contributed by atoms with Crippen molar-refractivity contribution in [3.05, 3.63) is 82.6 Å². The molecule has 42 heavy (non-hydrogen) atoms. The van der Waals surface area contributed by atoms with Gasteiger partial charge in [0.2, 0.25) is 5.52 Å². The summed E-state index contributed by atoms with van der Waals surface area (Å²) in [5, 5.41) is 5.83. The van der Waals surface area contributed by atoms with Gasteiger partial charge in [0.15, 0.2) is 6.54 Å². The van der Waals surface area contributed by atoms with E-state index in [1.165, 1.54) is 35.2 Å². The van der Waals surface area contributed by atoms with Gasteiger partial charge in [-0.3, -0.25) is 9.11 Å². The highest BCUT2D eigenvalue weighted by molar-refractivity contribution is 8.04. The maximum Gasteiger partial charge on any atom is 0.265 e. The van der Waals surface area contributed by atoms with E-state index in [0.717, 1.165) is 46.7 Å². The number of aromatic nitrogens is 1. The summed E-state index contributed by atoms with van der Waals surface area (Å²) in [6, 6.07) is 20.8. The Morgan fingerprint density at radius 1 is 0.857 bits per heavy atom. The van der Waals surface area contributed by atoms with Crippen LogP contribution in [0.25, 0.3) is 37.8 Å². The quantitative estimate of drug-likeness (QED) is 0.112. The second-order valence-electron chi connectivity index (χ2n) is 10.0. The lowest BCUT2D eigenvalue weighted by atomic mass is 10.0. The lowest BCUT2D eigenvalue weighted by molar-refractivity contribution is -0.667. The zero-order valence-corrected chi connectivity index (χ0v) is 25.4. The summed E-state index contributed by atoms with van der Waals surface area (Å²) in [7, 11) is -8.31. The first kappa shape index (κ1) is 29.0. The monoisotopic (exact) mass is 645 g/mol. The second kappa shape index (κ2) is 11.2. The van der Waals surface area contributed by atoms with Crippen LogP contribution < -0.4 is 9.47 Å². The van der Waals surface area contributed by atoms with Crippen LogP contribution in [-0.4, -0.2) is 44.0 Å². The molecule has 0 fully saturated rings. The Kier molecular flexibility index (Phi) is 7.75. The van der Waals surface area contributed by atoms with Crippen molar-refractivity contribution in [2.45, 2.75) is 24.3 Å². The summed E-state index contributed by atoms with van der Waals surface area (Å²) in [6.45, 7) is 0.553. The van der Waals surface area contributed by atoms with E-state index in [0.29, 0.717) is 12.2 Å². The van der Waals surface area contributed by atoms with Crippen LogP contribution in [0.3, 0.4) is 0 Å². The largest absolute Gasteiger partial charge is 0.335 e. The molecule has 0 bridgehead atoms. The van der Waals surface area contributed by atoms with Gasteiger partial charge in [-0.15, -0.1) is 0 Å². The first-order valence-electron chi connectivity index (χ1n) is 13.1. The molecule has 0 spiro atoms. The van der Waals surface area contributed by atoms with Crippen molar-refractivity contribution >= 4 is 86.9 Å². The normalized spacial score (nSPS) is 14.9. The van der Waals surface area contributed by atoms with E-state index < -0.39 is 31.8 Å². The van der Waals surface area contributed by atoms with Crippen LogP contribution in [0, 0.1) is 5.82 Å². The Bertz CT molecular complexity index is 2110. The van der Waals surface area contributed by atoms with Crippen LogP contribution >= 0.6 is 23.1 Å². The molecule has 2 heterocycles. The van der Waals surface area contributed by atoms with Crippen LogP contribution in [0.5, 0.6) is 0 Å². The van der Waals surface area contributed by atoms with Crippen molar-refractivity contribution in [3.8, 4) is 0 Å². The average Bonchev–Trinajstić information content (AvgIpc) is 3.44. The van der Waals surface area contributed by atoms with Gasteiger partial charge in [-0.05, 0) is 52.9 Å². The zero-order valence-electron chi connectivity index (χ0n) is 22.1. The van der Waals surface area contributed by atoms with Gasteiger partial charge in [-0.2, -0.15) is 21.4 Å². The summed E-state index contributed by atoms with van der Waals surface area (Å²) in [5.41, 5.74) is 1.55. The van der Waals surface area contributed by atoms with Gasteiger partial charge in [0.05, 0.1) is 33.7 Å². The average molecular weight is 646 g/mol.